The quantitative estimate of drug-likeness (QED) is 0.789. The third-order valence-corrected chi connectivity index (χ3v) is 3.04. The minimum Gasteiger partial charge on any atom is -0.348 e. The fourth-order valence-corrected chi connectivity index (χ4v) is 2.04. The maximum atomic E-state index is 13.0. The molecule has 0 radical (unpaired) electrons. The maximum absolute atomic E-state index is 13.0. The molecular formula is C11H12ClFN2O. The average Bonchev–Trinajstić information content (AvgIpc) is 2.26. The Morgan fingerprint density at radius 2 is 2.25 bits per heavy atom. The van der Waals surface area contributed by atoms with E-state index in [0.717, 1.165) is 5.56 Å². The monoisotopic (exact) mass is 242 g/mol. The largest absolute Gasteiger partial charge is 0.348 e. The molecule has 1 saturated heterocycles. The van der Waals surface area contributed by atoms with Gasteiger partial charge in [-0.2, -0.15) is 0 Å². The van der Waals surface area contributed by atoms with Crippen LogP contribution in [0.15, 0.2) is 18.2 Å². The van der Waals surface area contributed by atoms with Crippen LogP contribution in [0, 0.1) is 5.82 Å². The van der Waals surface area contributed by atoms with E-state index >= 15 is 0 Å². The summed E-state index contributed by atoms with van der Waals surface area (Å²) in [5.41, 5.74) is 6.65. The number of amides is 1. The number of nitrogens with two attached hydrogens (primary N) is 1. The van der Waals surface area contributed by atoms with Crippen molar-refractivity contribution >= 4 is 17.5 Å². The van der Waals surface area contributed by atoms with Crippen LogP contribution in [0.25, 0.3) is 0 Å². The first-order valence-corrected chi connectivity index (χ1v) is 5.45. The van der Waals surface area contributed by atoms with Crippen molar-refractivity contribution in [1.82, 2.24) is 5.32 Å². The highest BCUT2D eigenvalue weighted by molar-refractivity contribution is 6.30. The van der Waals surface area contributed by atoms with Crippen LogP contribution >= 0.6 is 11.6 Å². The maximum Gasteiger partial charge on any atom is 0.220 e. The highest BCUT2D eigenvalue weighted by Gasteiger charge is 2.27. The smallest absolute Gasteiger partial charge is 0.220 e. The highest BCUT2D eigenvalue weighted by Crippen LogP contribution is 2.26. The van der Waals surface area contributed by atoms with E-state index in [9.17, 15) is 9.18 Å². The molecule has 1 aromatic carbocycles. The van der Waals surface area contributed by atoms with Gasteiger partial charge in [0.25, 0.3) is 0 Å². The number of carbonyl (C=O) groups excluding carboxylic acids is 1. The Bertz CT molecular complexity index is 424. The molecule has 0 aromatic heterocycles. The molecule has 1 aromatic rings. The van der Waals surface area contributed by atoms with Crippen molar-refractivity contribution < 1.29 is 9.18 Å². The summed E-state index contributed by atoms with van der Waals surface area (Å²) in [4.78, 5) is 11.3. The first kappa shape index (κ1) is 11.4. The molecule has 2 rings (SSSR count). The summed E-state index contributed by atoms with van der Waals surface area (Å²) in [6.07, 6.45) is 1.07. The SMILES string of the molecule is NC1CCC(=O)NC1c1ccc(F)c(Cl)c1. The van der Waals surface area contributed by atoms with Gasteiger partial charge in [0, 0.05) is 12.5 Å². The molecule has 2 unspecified atom stereocenters. The molecule has 1 heterocycles. The summed E-state index contributed by atoms with van der Waals surface area (Å²) in [6.45, 7) is 0. The predicted molar refractivity (Wildman–Crippen MR) is 59.5 cm³/mol. The Balaban J connectivity index is 2.28. The fraction of sp³-hybridized carbons (Fsp3) is 0.364. The van der Waals surface area contributed by atoms with Gasteiger partial charge in [-0.05, 0) is 24.1 Å². The summed E-state index contributed by atoms with van der Waals surface area (Å²) in [5, 5.41) is 2.83. The Morgan fingerprint density at radius 3 is 2.94 bits per heavy atom. The van der Waals surface area contributed by atoms with Crippen molar-refractivity contribution in [1.29, 1.82) is 0 Å². The molecule has 86 valence electrons. The Labute approximate surface area is 97.8 Å². The highest BCUT2D eigenvalue weighted by atomic mass is 35.5. The normalized spacial score (nSPS) is 25.3. The topological polar surface area (TPSA) is 55.1 Å². The lowest BCUT2D eigenvalue weighted by Gasteiger charge is -2.29. The van der Waals surface area contributed by atoms with Gasteiger partial charge in [0.05, 0.1) is 11.1 Å². The van der Waals surface area contributed by atoms with Crippen molar-refractivity contribution in [2.24, 2.45) is 5.73 Å². The molecule has 5 heteroatoms. The molecule has 3 nitrogen and oxygen atoms in total. The van der Waals surface area contributed by atoms with E-state index in [4.69, 9.17) is 17.3 Å². The molecule has 3 N–H and O–H groups in total. The van der Waals surface area contributed by atoms with Gasteiger partial charge < -0.3 is 11.1 Å². The van der Waals surface area contributed by atoms with Crippen LogP contribution in [0.1, 0.15) is 24.4 Å². The van der Waals surface area contributed by atoms with E-state index in [0.29, 0.717) is 12.8 Å². The van der Waals surface area contributed by atoms with Gasteiger partial charge >= 0.3 is 0 Å². The summed E-state index contributed by atoms with van der Waals surface area (Å²) >= 11 is 5.69. The van der Waals surface area contributed by atoms with E-state index < -0.39 is 5.82 Å². The molecule has 0 bridgehead atoms. The van der Waals surface area contributed by atoms with Gasteiger partial charge in [0.15, 0.2) is 0 Å². The van der Waals surface area contributed by atoms with E-state index in [1.54, 1.807) is 6.07 Å². The van der Waals surface area contributed by atoms with E-state index in [1.165, 1.54) is 12.1 Å². The zero-order valence-electron chi connectivity index (χ0n) is 8.54. The van der Waals surface area contributed by atoms with Gasteiger partial charge in [-0.15, -0.1) is 0 Å². The van der Waals surface area contributed by atoms with Gasteiger partial charge in [-0.3, -0.25) is 4.79 Å². The van der Waals surface area contributed by atoms with E-state index in [-0.39, 0.29) is 23.0 Å². The minimum absolute atomic E-state index is 0.0350. The average molecular weight is 243 g/mol. The predicted octanol–water partition coefficient (Wildman–Crippen LogP) is 1.76. The first-order chi connectivity index (χ1) is 7.58. The standard InChI is InChI=1S/C11H12ClFN2O/c12-7-5-6(1-2-8(7)13)11-9(14)3-4-10(16)15-11/h1-2,5,9,11H,3-4,14H2,(H,15,16). The van der Waals surface area contributed by atoms with Crippen LogP contribution in [0.3, 0.4) is 0 Å². The number of rotatable bonds is 1. The second-order valence-electron chi connectivity index (χ2n) is 3.92. The molecule has 0 saturated carbocycles. The second-order valence-corrected chi connectivity index (χ2v) is 4.33. The molecule has 2 atom stereocenters. The van der Waals surface area contributed by atoms with Crippen LogP contribution in [0.4, 0.5) is 4.39 Å². The van der Waals surface area contributed by atoms with Gasteiger partial charge in [0.2, 0.25) is 5.91 Å². The number of carbonyl (C=O) groups is 1. The molecule has 16 heavy (non-hydrogen) atoms. The summed E-state index contributed by atoms with van der Waals surface area (Å²) < 4.78 is 13.0. The van der Waals surface area contributed by atoms with Crippen molar-refractivity contribution in [2.75, 3.05) is 0 Å². The number of halogens is 2. The van der Waals surface area contributed by atoms with Gasteiger partial charge in [0.1, 0.15) is 5.82 Å². The fourth-order valence-electron chi connectivity index (χ4n) is 1.85. The molecule has 0 aliphatic carbocycles. The molecular weight excluding hydrogens is 231 g/mol. The summed E-state index contributed by atoms with van der Waals surface area (Å²) in [6, 6.07) is 3.95. The Hall–Kier alpha value is -1.13. The number of hydrogen-bond acceptors (Lipinski definition) is 2. The Kier molecular flexibility index (Phi) is 3.12. The molecule has 1 aliphatic heterocycles. The Morgan fingerprint density at radius 1 is 1.50 bits per heavy atom. The second kappa shape index (κ2) is 4.39. The number of benzene rings is 1. The van der Waals surface area contributed by atoms with E-state index in [2.05, 4.69) is 5.32 Å². The molecule has 0 spiro atoms. The summed E-state index contributed by atoms with van der Waals surface area (Å²) in [7, 11) is 0. The lowest BCUT2D eigenvalue weighted by atomic mass is 9.93. The first-order valence-electron chi connectivity index (χ1n) is 5.08. The van der Waals surface area contributed by atoms with Gasteiger partial charge in [-0.25, -0.2) is 4.39 Å². The van der Waals surface area contributed by atoms with Crippen molar-refractivity contribution in [3.63, 3.8) is 0 Å². The van der Waals surface area contributed by atoms with Crippen LogP contribution in [0.2, 0.25) is 5.02 Å². The van der Waals surface area contributed by atoms with Crippen molar-refractivity contribution in [2.45, 2.75) is 24.9 Å². The molecule has 1 amide bonds. The minimum atomic E-state index is -0.471. The van der Waals surface area contributed by atoms with Crippen LogP contribution < -0.4 is 11.1 Å². The third-order valence-electron chi connectivity index (χ3n) is 2.75. The van der Waals surface area contributed by atoms with Crippen molar-refractivity contribution in [3.8, 4) is 0 Å². The van der Waals surface area contributed by atoms with Gasteiger partial charge in [-0.1, -0.05) is 17.7 Å². The van der Waals surface area contributed by atoms with Crippen molar-refractivity contribution in [3.05, 3.63) is 34.6 Å². The lowest BCUT2D eigenvalue weighted by molar-refractivity contribution is -0.123. The summed E-state index contributed by atoms with van der Waals surface area (Å²) in [5.74, 6) is -0.506. The zero-order valence-corrected chi connectivity index (χ0v) is 9.30. The van der Waals surface area contributed by atoms with Crippen LogP contribution in [0.5, 0.6) is 0 Å². The number of piperidine rings is 1. The van der Waals surface area contributed by atoms with E-state index in [1.807, 2.05) is 0 Å². The number of hydrogen-bond donors (Lipinski definition) is 2. The molecule has 1 fully saturated rings. The van der Waals surface area contributed by atoms with Crippen LogP contribution in [-0.4, -0.2) is 11.9 Å². The third kappa shape index (κ3) is 2.18. The lowest BCUT2D eigenvalue weighted by Crippen LogP contribution is -2.45. The zero-order chi connectivity index (χ0) is 11.7. The number of nitrogens with one attached hydrogen (secondary N) is 1. The molecule has 1 aliphatic rings. The van der Waals surface area contributed by atoms with Crippen LogP contribution in [-0.2, 0) is 4.79 Å².